The number of likely N-dealkylation sites (N-methyl/N-ethyl adjacent to an activating group) is 1. The van der Waals surface area contributed by atoms with Crippen LogP contribution in [-0.4, -0.2) is 29.3 Å². The molecule has 2 amide bonds. The zero-order valence-electron chi connectivity index (χ0n) is 14.8. The Labute approximate surface area is 164 Å². The molecule has 138 valence electrons. The normalized spacial score (nSPS) is 11.7. The van der Waals surface area contributed by atoms with Crippen LogP contribution in [0.25, 0.3) is 0 Å². The minimum Gasteiger partial charge on any atom is -0.355 e. The largest absolute Gasteiger partial charge is 0.355 e. The average molecular weight is 393 g/mol. The highest BCUT2D eigenvalue weighted by molar-refractivity contribution is 6.30. The summed E-state index contributed by atoms with van der Waals surface area (Å²) in [6.07, 6.45) is 0.178. The van der Waals surface area contributed by atoms with Crippen molar-refractivity contribution in [2.75, 3.05) is 6.54 Å². The van der Waals surface area contributed by atoms with Crippen molar-refractivity contribution in [2.24, 2.45) is 0 Å². The van der Waals surface area contributed by atoms with Gasteiger partial charge in [-0.1, -0.05) is 47.5 Å². The van der Waals surface area contributed by atoms with E-state index in [0.717, 1.165) is 11.1 Å². The van der Waals surface area contributed by atoms with Gasteiger partial charge in [0.25, 0.3) is 0 Å². The second-order valence-electron chi connectivity index (χ2n) is 6.03. The van der Waals surface area contributed by atoms with Crippen LogP contribution >= 0.6 is 23.2 Å². The van der Waals surface area contributed by atoms with E-state index in [1.807, 2.05) is 31.2 Å². The molecule has 0 aliphatic rings. The summed E-state index contributed by atoms with van der Waals surface area (Å²) < 4.78 is 0. The molecular weight excluding hydrogens is 371 g/mol. The SMILES string of the molecule is CCNC(=O)C(C)N(Cc1ccc(Cl)cc1)C(=O)Cc1cccc(Cl)c1. The smallest absolute Gasteiger partial charge is 0.242 e. The van der Waals surface area contributed by atoms with E-state index in [4.69, 9.17) is 23.2 Å². The first kappa shape index (κ1) is 20.3. The summed E-state index contributed by atoms with van der Waals surface area (Å²) >= 11 is 11.9. The Balaban J connectivity index is 2.21. The molecule has 0 fully saturated rings. The molecule has 0 spiro atoms. The van der Waals surface area contributed by atoms with E-state index >= 15 is 0 Å². The fourth-order valence-corrected chi connectivity index (χ4v) is 2.95. The molecule has 4 nitrogen and oxygen atoms in total. The standard InChI is InChI=1S/C20H22Cl2N2O2/c1-3-23-20(26)14(2)24(13-15-7-9-17(21)10-8-15)19(25)12-16-5-4-6-18(22)11-16/h4-11,14H,3,12-13H2,1-2H3,(H,23,26). The highest BCUT2D eigenvalue weighted by atomic mass is 35.5. The van der Waals surface area contributed by atoms with E-state index in [0.29, 0.717) is 23.1 Å². The van der Waals surface area contributed by atoms with Crippen molar-refractivity contribution in [3.8, 4) is 0 Å². The molecule has 0 saturated carbocycles. The number of nitrogens with zero attached hydrogens (tertiary/aromatic N) is 1. The van der Waals surface area contributed by atoms with Gasteiger partial charge in [0.2, 0.25) is 11.8 Å². The van der Waals surface area contributed by atoms with Gasteiger partial charge in [-0.25, -0.2) is 0 Å². The van der Waals surface area contributed by atoms with Crippen LogP contribution < -0.4 is 5.32 Å². The number of carbonyl (C=O) groups excluding carboxylic acids is 2. The molecule has 0 bridgehead atoms. The number of hydrogen-bond acceptors (Lipinski definition) is 2. The maximum atomic E-state index is 12.9. The van der Waals surface area contributed by atoms with Crippen LogP contribution in [0.1, 0.15) is 25.0 Å². The zero-order valence-corrected chi connectivity index (χ0v) is 16.3. The van der Waals surface area contributed by atoms with E-state index in [1.165, 1.54) is 0 Å². The van der Waals surface area contributed by atoms with Gasteiger partial charge in [0.1, 0.15) is 6.04 Å². The average Bonchev–Trinajstić information content (AvgIpc) is 2.60. The van der Waals surface area contributed by atoms with E-state index in [1.54, 1.807) is 36.1 Å². The van der Waals surface area contributed by atoms with Crippen molar-refractivity contribution in [2.45, 2.75) is 32.9 Å². The van der Waals surface area contributed by atoms with Crippen LogP contribution in [0.2, 0.25) is 10.0 Å². The summed E-state index contributed by atoms with van der Waals surface area (Å²) in [4.78, 5) is 26.8. The van der Waals surface area contributed by atoms with Gasteiger partial charge in [-0.2, -0.15) is 0 Å². The van der Waals surface area contributed by atoms with E-state index in [2.05, 4.69) is 5.32 Å². The summed E-state index contributed by atoms with van der Waals surface area (Å²) in [5, 5.41) is 3.98. The minimum atomic E-state index is -0.586. The van der Waals surface area contributed by atoms with Crippen molar-refractivity contribution < 1.29 is 9.59 Å². The second-order valence-corrected chi connectivity index (χ2v) is 6.90. The monoisotopic (exact) mass is 392 g/mol. The number of hydrogen-bond donors (Lipinski definition) is 1. The fourth-order valence-electron chi connectivity index (χ4n) is 2.61. The van der Waals surface area contributed by atoms with Crippen LogP contribution in [0.3, 0.4) is 0 Å². The van der Waals surface area contributed by atoms with Crippen molar-refractivity contribution in [3.63, 3.8) is 0 Å². The Bertz CT molecular complexity index is 763. The summed E-state index contributed by atoms with van der Waals surface area (Å²) in [6.45, 7) is 4.42. The number of nitrogens with one attached hydrogen (secondary N) is 1. The molecule has 2 aromatic carbocycles. The summed E-state index contributed by atoms with van der Waals surface area (Å²) in [5.74, 6) is -0.318. The molecule has 6 heteroatoms. The van der Waals surface area contributed by atoms with Crippen molar-refractivity contribution in [1.29, 1.82) is 0 Å². The van der Waals surface area contributed by atoms with E-state index < -0.39 is 6.04 Å². The van der Waals surface area contributed by atoms with Crippen molar-refractivity contribution in [3.05, 3.63) is 69.7 Å². The maximum Gasteiger partial charge on any atom is 0.242 e. The molecule has 1 N–H and O–H groups in total. The number of halogens is 2. The third-order valence-corrected chi connectivity index (χ3v) is 4.52. The molecule has 2 rings (SSSR count). The van der Waals surface area contributed by atoms with Crippen molar-refractivity contribution in [1.82, 2.24) is 10.2 Å². The van der Waals surface area contributed by atoms with Crippen molar-refractivity contribution >= 4 is 35.0 Å². The first-order valence-corrected chi connectivity index (χ1v) is 9.22. The molecule has 0 saturated heterocycles. The molecule has 26 heavy (non-hydrogen) atoms. The van der Waals surface area contributed by atoms with Gasteiger partial charge in [0.05, 0.1) is 6.42 Å². The highest BCUT2D eigenvalue weighted by Gasteiger charge is 2.25. The summed E-state index contributed by atoms with van der Waals surface area (Å²) in [6, 6.07) is 13.8. The maximum absolute atomic E-state index is 12.9. The molecule has 1 unspecified atom stereocenters. The topological polar surface area (TPSA) is 49.4 Å². The number of benzene rings is 2. The Kier molecular flexibility index (Phi) is 7.49. The molecule has 0 aromatic heterocycles. The van der Waals surface area contributed by atoms with Gasteiger partial charge in [0.15, 0.2) is 0 Å². The number of amides is 2. The van der Waals surface area contributed by atoms with Gasteiger partial charge >= 0.3 is 0 Å². The lowest BCUT2D eigenvalue weighted by atomic mass is 10.1. The van der Waals surface area contributed by atoms with Crippen LogP contribution in [0.4, 0.5) is 0 Å². The lowest BCUT2D eigenvalue weighted by Crippen LogP contribution is -2.48. The van der Waals surface area contributed by atoms with Gasteiger partial charge < -0.3 is 10.2 Å². The Morgan fingerprint density at radius 1 is 1.04 bits per heavy atom. The third kappa shape index (κ3) is 5.75. The molecule has 1 atom stereocenters. The molecule has 0 radical (unpaired) electrons. The molecule has 0 aliphatic heterocycles. The lowest BCUT2D eigenvalue weighted by Gasteiger charge is -2.29. The minimum absolute atomic E-state index is 0.138. The van der Waals surface area contributed by atoms with Gasteiger partial charge in [-0.3, -0.25) is 9.59 Å². The molecule has 0 heterocycles. The Morgan fingerprint density at radius 3 is 2.35 bits per heavy atom. The van der Waals surface area contributed by atoms with Gasteiger partial charge in [-0.05, 0) is 49.2 Å². The molecule has 2 aromatic rings. The number of rotatable bonds is 7. The molecule has 0 aliphatic carbocycles. The van der Waals surface area contributed by atoms with Gasteiger partial charge in [-0.15, -0.1) is 0 Å². The summed E-state index contributed by atoms with van der Waals surface area (Å²) in [5.41, 5.74) is 1.72. The quantitative estimate of drug-likeness (QED) is 0.771. The van der Waals surface area contributed by atoms with Gasteiger partial charge in [0, 0.05) is 23.1 Å². The van der Waals surface area contributed by atoms with E-state index in [-0.39, 0.29) is 18.2 Å². The van der Waals surface area contributed by atoms with Crippen LogP contribution in [0.5, 0.6) is 0 Å². The first-order valence-electron chi connectivity index (χ1n) is 8.46. The van der Waals surface area contributed by atoms with Crippen LogP contribution in [-0.2, 0) is 22.6 Å². The second kappa shape index (κ2) is 9.60. The fraction of sp³-hybridized carbons (Fsp3) is 0.300. The van der Waals surface area contributed by atoms with E-state index in [9.17, 15) is 9.59 Å². The predicted molar refractivity (Wildman–Crippen MR) is 105 cm³/mol. The highest BCUT2D eigenvalue weighted by Crippen LogP contribution is 2.16. The molecular formula is C20H22Cl2N2O2. The summed E-state index contributed by atoms with van der Waals surface area (Å²) in [7, 11) is 0. The lowest BCUT2D eigenvalue weighted by molar-refractivity contribution is -0.140. The third-order valence-electron chi connectivity index (χ3n) is 4.03. The number of carbonyl (C=O) groups is 2. The van der Waals surface area contributed by atoms with Crippen LogP contribution in [0.15, 0.2) is 48.5 Å². The van der Waals surface area contributed by atoms with Crippen LogP contribution in [0, 0.1) is 0 Å². The first-order chi connectivity index (χ1) is 12.4. The predicted octanol–water partition coefficient (Wildman–Crippen LogP) is 4.09. The Hall–Kier alpha value is -2.04. The zero-order chi connectivity index (χ0) is 19.1. The Morgan fingerprint density at radius 2 is 1.73 bits per heavy atom.